The van der Waals surface area contributed by atoms with E-state index in [1.807, 2.05) is 13.8 Å². The van der Waals surface area contributed by atoms with Crippen molar-refractivity contribution < 1.29 is 10.2 Å². The molecular formula is C11H25NO2. The first kappa shape index (κ1) is 13.9. The zero-order chi connectivity index (χ0) is 11.2. The lowest BCUT2D eigenvalue weighted by molar-refractivity contribution is 0.00554. The van der Waals surface area contributed by atoms with Crippen molar-refractivity contribution in [3.8, 4) is 0 Å². The van der Waals surface area contributed by atoms with Crippen LogP contribution in [-0.2, 0) is 0 Å². The van der Waals surface area contributed by atoms with Gasteiger partial charge in [0.15, 0.2) is 0 Å². The second-order valence-electron chi connectivity index (χ2n) is 4.49. The molecule has 14 heavy (non-hydrogen) atoms. The summed E-state index contributed by atoms with van der Waals surface area (Å²) in [5, 5.41) is 18.7. The first-order chi connectivity index (χ1) is 6.43. The first-order valence-electron chi connectivity index (χ1n) is 5.50. The summed E-state index contributed by atoms with van der Waals surface area (Å²) in [7, 11) is 0. The minimum atomic E-state index is -0.611. The fourth-order valence-electron chi connectivity index (χ4n) is 1.34. The zero-order valence-electron chi connectivity index (χ0n) is 9.95. The van der Waals surface area contributed by atoms with Crippen molar-refractivity contribution in [2.75, 3.05) is 19.7 Å². The Balaban J connectivity index is 4.08. The van der Waals surface area contributed by atoms with Gasteiger partial charge in [0, 0.05) is 25.7 Å². The average molecular weight is 203 g/mol. The Bertz CT molecular complexity index is 146. The summed E-state index contributed by atoms with van der Waals surface area (Å²) in [6, 6.07) is 0.416. The van der Waals surface area contributed by atoms with Crippen LogP contribution in [0.2, 0.25) is 0 Å². The smallest absolute Gasteiger partial charge is 0.0743 e. The molecule has 3 nitrogen and oxygen atoms in total. The van der Waals surface area contributed by atoms with E-state index in [-0.39, 0.29) is 6.61 Å². The van der Waals surface area contributed by atoms with E-state index in [1.165, 1.54) is 0 Å². The molecule has 0 aliphatic carbocycles. The standard InChI is InChI=1S/C11H25NO2/c1-5-11(4,14)9-12(10(2)3)7-6-8-13/h10,13-14H,5-9H2,1-4H3. The third-order valence-electron chi connectivity index (χ3n) is 2.64. The van der Waals surface area contributed by atoms with Crippen LogP contribution in [-0.4, -0.2) is 46.5 Å². The highest BCUT2D eigenvalue weighted by Gasteiger charge is 2.22. The van der Waals surface area contributed by atoms with E-state index in [1.54, 1.807) is 0 Å². The third-order valence-corrected chi connectivity index (χ3v) is 2.64. The summed E-state index contributed by atoms with van der Waals surface area (Å²) in [5.41, 5.74) is -0.611. The van der Waals surface area contributed by atoms with Crippen LogP contribution in [0, 0.1) is 0 Å². The van der Waals surface area contributed by atoms with Gasteiger partial charge in [0.2, 0.25) is 0 Å². The van der Waals surface area contributed by atoms with Crippen molar-refractivity contribution in [3.63, 3.8) is 0 Å². The Morgan fingerprint density at radius 2 is 1.93 bits per heavy atom. The van der Waals surface area contributed by atoms with Crippen LogP contribution in [0.1, 0.15) is 40.5 Å². The SMILES string of the molecule is CCC(C)(O)CN(CCCO)C(C)C. The van der Waals surface area contributed by atoms with Crippen LogP contribution < -0.4 is 0 Å². The molecule has 0 bridgehead atoms. The molecule has 0 amide bonds. The van der Waals surface area contributed by atoms with Gasteiger partial charge in [0.1, 0.15) is 0 Å². The lowest BCUT2D eigenvalue weighted by Crippen LogP contribution is -2.44. The molecule has 0 aromatic heterocycles. The van der Waals surface area contributed by atoms with Crippen LogP contribution in [0.5, 0.6) is 0 Å². The van der Waals surface area contributed by atoms with E-state index < -0.39 is 5.60 Å². The Morgan fingerprint density at radius 3 is 2.29 bits per heavy atom. The van der Waals surface area contributed by atoms with Crippen LogP contribution in [0.15, 0.2) is 0 Å². The molecule has 0 fully saturated rings. The van der Waals surface area contributed by atoms with Gasteiger partial charge < -0.3 is 10.2 Å². The van der Waals surface area contributed by atoms with Gasteiger partial charge in [0.05, 0.1) is 5.60 Å². The van der Waals surface area contributed by atoms with E-state index in [4.69, 9.17) is 5.11 Å². The molecule has 1 atom stereocenters. The Hall–Kier alpha value is -0.120. The summed E-state index contributed by atoms with van der Waals surface area (Å²) in [6.45, 7) is 9.83. The Kier molecular flexibility index (Phi) is 6.33. The molecule has 2 N–H and O–H groups in total. The molecule has 0 radical (unpaired) electrons. The molecule has 0 rings (SSSR count). The van der Waals surface area contributed by atoms with Crippen molar-refractivity contribution in [1.82, 2.24) is 4.90 Å². The zero-order valence-corrected chi connectivity index (χ0v) is 9.95. The lowest BCUT2D eigenvalue weighted by Gasteiger charge is -2.33. The van der Waals surface area contributed by atoms with Crippen molar-refractivity contribution in [1.29, 1.82) is 0 Å². The number of aliphatic hydroxyl groups excluding tert-OH is 1. The molecule has 0 aromatic rings. The molecule has 0 spiro atoms. The number of rotatable bonds is 7. The summed E-state index contributed by atoms with van der Waals surface area (Å²) in [6.07, 6.45) is 1.54. The molecule has 0 heterocycles. The highest BCUT2D eigenvalue weighted by atomic mass is 16.3. The van der Waals surface area contributed by atoms with Crippen LogP contribution in [0.4, 0.5) is 0 Å². The van der Waals surface area contributed by atoms with Gasteiger partial charge in [-0.15, -0.1) is 0 Å². The molecule has 0 saturated carbocycles. The Morgan fingerprint density at radius 1 is 1.36 bits per heavy atom. The second-order valence-corrected chi connectivity index (χ2v) is 4.49. The maximum absolute atomic E-state index is 9.94. The molecule has 0 aliphatic rings. The maximum Gasteiger partial charge on any atom is 0.0743 e. The van der Waals surface area contributed by atoms with Crippen LogP contribution in [0.3, 0.4) is 0 Å². The van der Waals surface area contributed by atoms with Crippen molar-refractivity contribution in [2.45, 2.75) is 52.2 Å². The van der Waals surface area contributed by atoms with Crippen LogP contribution >= 0.6 is 0 Å². The van der Waals surface area contributed by atoms with Gasteiger partial charge in [-0.25, -0.2) is 0 Å². The highest BCUT2D eigenvalue weighted by molar-refractivity contribution is 4.77. The van der Waals surface area contributed by atoms with Gasteiger partial charge >= 0.3 is 0 Å². The molecule has 1 unspecified atom stereocenters. The number of aliphatic hydroxyl groups is 2. The summed E-state index contributed by atoms with van der Waals surface area (Å²) >= 11 is 0. The molecule has 0 aromatic carbocycles. The van der Waals surface area contributed by atoms with Gasteiger partial charge in [-0.1, -0.05) is 6.92 Å². The Labute approximate surface area is 87.7 Å². The monoisotopic (exact) mass is 203 g/mol. The largest absolute Gasteiger partial charge is 0.396 e. The van der Waals surface area contributed by atoms with Gasteiger partial charge in [-0.05, 0) is 33.6 Å². The fraction of sp³-hybridized carbons (Fsp3) is 1.00. The lowest BCUT2D eigenvalue weighted by atomic mass is 10.0. The fourth-order valence-corrected chi connectivity index (χ4v) is 1.34. The summed E-state index contributed by atoms with van der Waals surface area (Å²) in [5.74, 6) is 0. The molecule has 3 heteroatoms. The first-order valence-corrected chi connectivity index (χ1v) is 5.50. The number of hydrogen-bond donors (Lipinski definition) is 2. The molecular weight excluding hydrogens is 178 g/mol. The third kappa shape index (κ3) is 5.58. The number of nitrogens with zero attached hydrogens (tertiary/aromatic N) is 1. The summed E-state index contributed by atoms with van der Waals surface area (Å²) < 4.78 is 0. The van der Waals surface area contributed by atoms with E-state index in [0.717, 1.165) is 19.4 Å². The van der Waals surface area contributed by atoms with Crippen LogP contribution in [0.25, 0.3) is 0 Å². The van der Waals surface area contributed by atoms with E-state index in [2.05, 4.69) is 18.7 Å². The van der Waals surface area contributed by atoms with E-state index in [0.29, 0.717) is 12.6 Å². The van der Waals surface area contributed by atoms with Gasteiger partial charge in [0.25, 0.3) is 0 Å². The van der Waals surface area contributed by atoms with Crippen molar-refractivity contribution in [2.24, 2.45) is 0 Å². The summed E-state index contributed by atoms with van der Waals surface area (Å²) in [4.78, 5) is 2.21. The van der Waals surface area contributed by atoms with Gasteiger partial charge in [-0.2, -0.15) is 0 Å². The molecule has 0 aliphatic heterocycles. The topological polar surface area (TPSA) is 43.7 Å². The average Bonchev–Trinajstić information content (AvgIpc) is 2.12. The second kappa shape index (κ2) is 6.38. The van der Waals surface area contributed by atoms with E-state index in [9.17, 15) is 5.11 Å². The predicted molar refractivity (Wildman–Crippen MR) is 59.3 cm³/mol. The minimum Gasteiger partial charge on any atom is -0.396 e. The highest BCUT2D eigenvalue weighted by Crippen LogP contribution is 2.13. The number of hydrogen-bond acceptors (Lipinski definition) is 3. The quantitative estimate of drug-likeness (QED) is 0.654. The molecule has 86 valence electrons. The van der Waals surface area contributed by atoms with Gasteiger partial charge in [-0.3, -0.25) is 4.90 Å². The van der Waals surface area contributed by atoms with Crippen molar-refractivity contribution in [3.05, 3.63) is 0 Å². The minimum absolute atomic E-state index is 0.220. The predicted octanol–water partition coefficient (Wildman–Crippen LogP) is 1.24. The molecule has 0 saturated heterocycles. The van der Waals surface area contributed by atoms with E-state index >= 15 is 0 Å². The maximum atomic E-state index is 9.94. The normalized spacial score (nSPS) is 16.3. The van der Waals surface area contributed by atoms with Crippen molar-refractivity contribution >= 4 is 0 Å².